The van der Waals surface area contributed by atoms with Crippen LogP contribution in [0.15, 0.2) is 51.4 Å². The summed E-state index contributed by atoms with van der Waals surface area (Å²) in [5.41, 5.74) is 2.96. The van der Waals surface area contributed by atoms with Crippen LogP contribution in [0.1, 0.15) is 16.9 Å². The van der Waals surface area contributed by atoms with Gasteiger partial charge in [-0.3, -0.25) is 14.9 Å². The molecule has 2 amide bonds. The molecule has 0 unspecified atom stereocenters. The lowest BCUT2D eigenvalue weighted by Gasteiger charge is -2.08. The number of hydrogen-bond acceptors (Lipinski definition) is 7. The zero-order chi connectivity index (χ0) is 19.9. The van der Waals surface area contributed by atoms with Crippen molar-refractivity contribution < 1.29 is 14.0 Å². The number of carbonyl (C=O) groups is 2. The smallest absolute Gasteiger partial charge is 0.250 e. The Labute approximate surface area is 170 Å². The molecule has 2 heterocycles. The van der Waals surface area contributed by atoms with Crippen molar-refractivity contribution in [1.29, 1.82) is 0 Å². The first-order chi connectivity index (χ1) is 13.5. The van der Waals surface area contributed by atoms with Crippen molar-refractivity contribution in [3.05, 3.63) is 59.6 Å². The van der Waals surface area contributed by atoms with E-state index in [0.29, 0.717) is 15.2 Å². The number of amides is 2. The summed E-state index contributed by atoms with van der Waals surface area (Å²) in [6, 6.07) is 9.34. The Kier molecular flexibility index (Phi) is 6.62. The zero-order valence-electron chi connectivity index (χ0n) is 15.3. The monoisotopic (exact) mass is 414 g/mol. The predicted molar refractivity (Wildman–Crippen MR) is 112 cm³/mol. The minimum atomic E-state index is -0.336. The second-order valence-corrected chi connectivity index (χ2v) is 8.07. The summed E-state index contributed by atoms with van der Waals surface area (Å²) in [4.78, 5) is 24.0. The van der Waals surface area contributed by atoms with E-state index in [1.54, 1.807) is 18.2 Å². The van der Waals surface area contributed by atoms with Crippen LogP contribution in [0.2, 0.25) is 0 Å². The molecule has 0 aliphatic rings. The van der Waals surface area contributed by atoms with Gasteiger partial charge in [0.2, 0.25) is 16.9 Å². The highest BCUT2D eigenvalue weighted by Gasteiger charge is 2.10. The number of thioether (sulfide) groups is 1. The standard InChI is InChI=1S/C19H18N4O3S2/c1-12-5-7-15(13(2)10-12)20-17(25)11-27-19-23-22-18(28-19)21-16(24)8-6-14-4-3-9-26-14/h3-10H,11H2,1-2H3,(H,20,25)(H,21,22,24). The minimum Gasteiger partial charge on any atom is -0.465 e. The summed E-state index contributed by atoms with van der Waals surface area (Å²) in [6.45, 7) is 3.96. The van der Waals surface area contributed by atoms with Gasteiger partial charge in [-0.2, -0.15) is 0 Å². The molecule has 0 saturated carbocycles. The Bertz CT molecular complexity index is 997. The van der Waals surface area contributed by atoms with E-state index in [1.807, 2.05) is 32.0 Å². The van der Waals surface area contributed by atoms with Crippen molar-refractivity contribution in [2.45, 2.75) is 18.2 Å². The summed E-state index contributed by atoms with van der Waals surface area (Å²) in [7, 11) is 0. The number of anilines is 2. The third-order valence-corrected chi connectivity index (χ3v) is 5.53. The van der Waals surface area contributed by atoms with Crippen molar-refractivity contribution in [3.63, 3.8) is 0 Å². The predicted octanol–water partition coefficient (Wildman–Crippen LogP) is 4.13. The maximum Gasteiger partial charge on any atom is 0.250 e. The quantitative estimate of drug-likeness (QED) is 0.343. The lowest BCUT2D eigenvalue weighted by Crippen LogP contribution is -2.14. The van der Waals surface area contributed by atoms with Crippen molar-refractivity contribution >= 4 is 51.8 Å². The number of furan rings is 1. The fraction of sp³-hybridized carbons (Fsp3) is 0.158. The van der Waals surface area contributed by atoms with E-state index in [9.17, 15) is 9.59 Å². The van der Waals surface area contributed by atoms with E-state index in [2.05, 4.69) is 20.8 Å². The highest BCUT2D eigenvalue weighted by Crippen LogP contribution is 2.26. The second-order valence-electron chi connectivity index (χ2n) is 5.87. The highest BCUT2D eigenvalue weighted by atomic mass is 32.2. The molecule has 0 saturated heterocycles. The van der Waals surface area contributed by atoms with Crippen LogP contribution in [0, 0.1) is 13.8 Å². The zero-order valence-corrected chi connectivity index (χ0v) is 16.9. The van der Waals surface area contributed by atoms with Gasteiger partial charge >= 0.3 is 0 Å². The third-order valence-electron chi connectivity index (χ3n) is 3.56. The van der Waals surface area contributed by atoms with Crippen molar-refractivity contribution in [3.8, 4) is 0 Å². The van der Waals surface area contributed by atoms with E-state index in [0.717, 1.165) is 16.8 Å². The molecule has 3 rings (SSSR count). The summed E-state index contributed by atoms with van der Waals surface area (Å²) in [5.74, 6) is 0.322. The average molecular weight is 415 g/mol. The number of rotatable bonds is 7. The molecule has 2 aromatic heterocycles. The van der Waals surface area contributed by atoms with Crippen molar-refractivity contribution in [2.24, 2.45) is 0 Å². The first-order valence-corrected chi connectivity index (χ1v) is 10.2. The molecule has 7 nitrogen and oxygen atoms in total. The maximum atomic E-state index is 12.1. The van der Waals surface area contributed by atoms with Gasteiger partial charge in [-0.05, 0) is 43.7 Å². The number of nitrogens with one attached hydrogen (secondary N) is 2. The van der Waals surface area contributed by atoms with Gasteiger partial charge < -0.3 is 9.73 Å². The summed E-state index contributed by atoms with van der Waals surface area (Å²) in [6.07, 6.45) is 4.44. The largest absolute Gasteiger partial charge is 0.465 e. The van der Waals surface area contributed by atoms with Crippen LogP contribution in [0.3, 0.4) is 0 Å². The van der Waals surface area contributed by atoms with Gasteiger partial charge in [-0.25, -0.2) is 0 Å². The molecule has 0 aliphatic carbocycles. The topological polar surface area (TPSA) is 97.1 Å². The molecule has 9 heteroatoms. The van der Waals surface area contributed by atoms with E-state index >= 15 is 0 Å². The Morgan fingerprint density at radius 2 is 2.07 bits per heavy atom. The van der Waals surface area contributed by atoms with Gasteiger partial charge in [0.15, 0.2) is 4.34 Å². The highest BCUT2D eigenvalue weighted by molar-refractivity contribution is 8.01. The molecule has 1 aromatic carbocycles. The van der Waals surface area contributed by atoms with Crippen LogP contribution in [-0.4, -0.2) is 27.8 Å². The molecule has 0 fully saturated rings. The van der Waals surface area contributed by atoms with Gasteiger partial charge in [-0.15, -0.1) is 10.2 Å². The van der Waals surface area contributed by atoms with Crippen LogP contribution in [-0.2, 0) is 9.59 Å². The molecule has 144 valence electrons. The molecular weight excluding hydrogens is 396 g/mol. The van der Waals surface area contributed by atoms with Crippen LogP contribution < -0.4 is 10.6 Å². The van der Waals surface area contributed by atoms with Crippen LogP contribution >= 0.6 is 23.1 Å². The summed E-state index contributed by atoms with van der Waals surface area (Å²) in [5, 5.41) is 13.8. The molecular formula is C19H18N4O3S2. The van der Waals surface area contributed by atoms with E-state index in [1.165, 1.54) is 35.4 Å². The Morgan fingerprint density at radius 3 is 2.82 bits per heavy atom. The van der Waals surface area contributed by atoms with Gasteiger partial charge in [0.1, 0.15) is 5.76 Å². The maximum absolute atomic E-state index is 12.1. The first kappa shape index (κ1) is 19.8. The number of aromatic nitrogens is 2. The van der Waals surface area contributed by atoms with Gasteiger partial charge in [0.05, 0.1) is 12.0 Å². The lowest BCUT2D eigenvalue weighted by atomic mass is 10.1. The first-order valence-electron chi connectivity index (χ1n) is 8.35. The lowest BCUT2D eigenvalue weighted by molar-refractivity contribution is -0.114. The Hall–Kier alpha value is -2.91. The van der Waals surface area contributed by atoms with Gasteiger partial charge in [0.25, 0.3) is 0 Å². The number of carbonyl (C=O) groups excluding carboxylic acids is 2. The molecule has 0 radical (unpaired) electrons. The van der Waals surface area contributed by atoms with Gasteiger partial charge in [-0.1, -0.05) is 40.8 Å². The summed E-state index contributed by atoms with van der Waals surface area (Å²) >= 11 is 2.47. The number of nitrogens with zero attached hydrogens (tertiary/aromatic N) is 2. The molecule has 0 atom stereocenters. The Balaban J connectivity index is 1.47. The van der Waals surface area contributed by atoms with Crippen molar-refractivity contribution in [1.82, 2.24) is 10.2 Å². The summed E-state index contributed by atoms with van der Waals surface area (Å²) < 4.78 is 5.71. The molecule has 0 aliphatic heterocycles. The SMILES string of the molecule is Cc1ccc(NC(=O)CSc2nnc(NC(=O)C=Cc3ccco3)s2)c(C)c1. The van der Waals surface area contributed by atoms with Crippen LogP contribution in [0.5, 0.6) is 0 Å². The fourth-order valence-corrected chi connectivity index (χ4v) is 3.83. The van der Waals surface area contributed by atoms with E-state index < -0.39 is 0 Å². The minimum absolute atomic E-state index is 0.126. The number of benzene rings is 1. The van der Waals surface area contributed by atoms with E-state index in [-0.39, 0.29) is 17.6 Å². The van der Waals surface area contributed by atoms with Crippen LogP contribution in [0.4, 0.5) is 10.8 Å². The molecule has 28 heavy (non-hydrogen) atoms. The van der Waals surface area contributed by atoms with Crippen molar-refractivity contribution in [2.75, 3.05) is 16.4 Å². The second kappa shape index (κ2) is 9.34. The average Bonchev–Trinajstić information content (AvgIpc) is 3.32. The normalized spacial score (nSPS) is 10.9. The van der Waals surface area contributed by atoms with Gasteiger partial charge in [0, 0.05) is 11.8 Å². The third kappa shape index (κ3) is 5.80. The molecule has 2 N–H and O–H groups in total. The van der Waals surface area contributed by atoms with E-state index in [4.69, 9.17) is 4.42 Å². The fourth-order valence-electron chi connectivity index (χ4n) is 2.28. The van der Waals surface area contributed by atoms with Crippen LogP contribution in [0.25, 0.3) is 6.08 Å². The molecule has 0 bridgehead atoms. The Morgan fingerprint density at radius 1 is 1.21 bits per heavy atom. The molecule has 3 aromatic rings. The number of aryl methyl sites for hydroxylation is 2. The molecule has 0 spiro atoms. The number of hydrogen-bond donors (Lipinski definition) is 2.